The number of hydrogen-bond donors (Lipinski definition) is 0. The molecule has 1 aliphatic rings. The first-order valence-corrected chi connectivity index (χ1v) is 4.87. The van der Waals surface area contributed by atoms with Crippen LogP contribution in [0.3, 0.4) is 0 Å². The first kappa shape index (κ1) is 13.7. The number of ketones is 1. The first-order valence-electron chi connectivity index (χ1n) is 4.87. The van der Waals surface area contributed by atoms with Gasteiger partial charge >= 0.3 is 0 Å². The van der Waals surface area contributed by atoms with Crippen molar-refractivity contribution >= 4 is 18.2 Å². The zero-order chi connectivity index (χ0) is 10.0. The Morgan fingerprint density at radius 2 is 2.00 bits per heavy atom. The molecule has 0 N–H and O–H groups in total. The molecule has 0 amide bonds. The van der Waals surface area contributed by atoms with E-state index in [1.165, 1.54) is 5.57 Å². The molecule has 0 aromatic heterocycles. The average Bonchev–Trinajstić information content (AvgIpc) is 2.32. The number of rotatable bonds is 2. The molecular weight excluding hydrogens is 198 g/mol. The molecule has 0 aliphatic heterocycles. The number of Topliss-reactive ketones (excluding diaryl/α,β-unsaturated/α-hetero) is 1. The van der Waals surface area contributed by atoms with E-state index in [1.54, 1.807) is 0 Å². The maximum atomic E-state index is 11.8. The van der Waals surface area contributed by atoms with E-state index in [-0.39, 0.29) is 18.3 Å². The lowest BCUT2D eigenvalue weighted by Crippen LogP contribution is -2.24. The summed E-state index contributed by atoms with van der Waals surface area (Å²) in [5, 5.41) is 0. The van der Waals surface area contributed by atoms with Crippen LogP contribution in [0.5, 0.6) is 0 Å². The second-order valence-corrected chi connectivity index (χ2v) is 4.34. The van der Waals surface area contributed by atoms with Gasteiger partial charge in [0, 0.05) is 12.5 Å². The number of halogens is 1. The van der Waals surface area contributed by atoms with Gasteiger partial charge in [-0.25, -0.2) is 0 Å². The Labute approximate surface area is 92.8 Å². The molecule has 0 aromatic rings. The molecule has 0 radical (unpaired) electrons. The summed E-state index contributed by atoms with van der Waals surface area (Å²) in [4.78, 5) is 13.9. The minimum absolute atomic E-state index is 0. The van der Waals surface area contributed by atoms with Gasteiger partial charge in [0.05, 0.1) is 0 Å². The highest BCUT2D eigenvalue weighted by molar-refractivity contribution is 6.00. The van der Waals surface area contributed by atoms with Crippen LogP contribution in [0.2, 0.25) is 0 Å². The molecule has 82 valence electrons. The third kappa shape index (κ3) is 3.10. The van der Waals surface area contributed by atoms with Crippen LogP contribution in [0.4, 0.5) is 0 Å². The summed E-state index contributed by atoms with van der Waals surface area (Å²) in [6, 6.07) is 0. The Bertz CT molecular complexity index is 242. The minimum atomic E-state index is 0. The van der Waals surface area contributed by atoms with Gasteiger partial charge in [-0.3, -0.25) is 4.79 Å². The molecule has 1 aliphatic carbocycles. The van der Waals surface area contributed by atoms with Crippen LogP contribution in [-0.2, 0) is 4.79 Å². The van der Waals surface area contributed by atoms with Gasteiger partial charge < -0.3 is 4.90 Å². The van der Waals surface area contributed by atoms with Crippen molar-refractivity contribution in [2.45, 2.75) is 26.7 Å². The molecule has 0 bridgehead atoms. The molecule has 0 heterocycles. The third-order valence-electron chi connectivity index (χ3n) is 2.60. The summed E-state index contributed by atoms with van der Waals surface area (Å²) in [6.07, 6.45) is 2.02. The molecule has 14 heavy (non-hydrogen) atoms. The predicted octanol–water partition coefficient (Wildman–Crippen LogP) is 2.29. The Morgan fingerprint density at radius 3 is 2.36 bits per heavy atom. The smallest absolute Gasteiger partial charge is 0.163 e. The van der Waals surface area contributed by atoms with Gasteiger partial charge in [-0.15, -0.1) is 12.4 Å². The lowest BCUT2D eigenvalue weighted by Gasteiger charge is -2.13. The molecule has 1 unspecified atom stereocenters. The van der Waals surface area contributed by atoms with Crippen LogP contribution in [0, 0.1) is 5.92 Å². The second kappa shape index (κ2) is 5.52. The summed E-state index contributed by atoms with van der Waals surface area (Å²) in [6.45, 7) is 4.96. The van der Waals surface area contributed by atoms with Gasteiger partial charge in [0.1, 0.15) is 0 Å². The van der Waals surface area contributed by atoms with Crippen molar-refractivity contribution in [3.05, 3.63) is 11.1 Å². The Balaban J connectivity index is 0.00000169. The van der Waals surface area contributed by atoms with E-state index in [1.807, 2.05) is 27.9 Å². The van der Waals surface area contributed by atoms with Crippen molar-refractivity contribution < 1.29 is 4.79 Å². The molecule has 1 atom stereocenters. The average molecular weight is 218 g/mol. The number of nitrogens with zero attached hydrogens (tertiary/aromatic N) is 1. The van der Waals surface area contributed by atoms with Crippen LogP contribution in [0.1, 0.15) is 26.7 Å². The lowest BCUT2D eigenvalue weighted by molar-refractivity contribution is -0.118. The monoisotopic (exact) mass is 217 g/mol. The summed E-state index contributed by atoms with van der Waals surface area (Å²) < 4.78 is 0. The summed E-state index contributed by atoms with van der Waals surface area (Å²) in [7, 11) is 4.04. The first-order chi connectivity index (χ1) is 6.02. The number of carbonyl (C=O) groups excluding carboxylic acids is 1. The Morgan fingerprint density at radius 1 is 1.43 bits per heavy atom. The topological polar surface area (TPSA) is 20.3 Å². The zero-order valence-electron chi connectivity index (χ0n) is 9.46. The highest BCUT2D eigenvalue weighted by atomic mass is 35.5. The predicted molar refractivity (Wildman–Crippen MR) is 61.9 cm³/mol. The van der Waals surface area contributed by atoms with Crippen molar-refractivity contribution in [1.29, 1.82) is 0 Å². The van der Waals surface area contributed by atoms with Crippen molar-refractivity contribution in [2.24, 2.45) is 5.92 Å². The summed E-state index contributed by atoms with van der Waals surface area (Å²) in [5.74, 6) is 0.633. The molecule has 0 saturated heterocycles. The van der Waals surface area contributed by atoms with Gasteiger partial charge in [0.25, 0.3) is 0 Å². The quantitative estimate of drug-likeness (QED) is 0.662. The van der Waals surface area contributed by atoms with Crippen molar-refractivity contribution in [3.63, 3.8) is 0 Å². The standard InChI is InChI=1S/C11H19NO.ClH/c1-8(2)10-6-5-9(11(10)13)7-12(3)4;/h9H,5-7H2,1-4H3;1H. The van der Waals surface area contributed by atoms with Crippen molar-refractivity contribution in [3.8, 4) is 0 Å². The summed E-state index contributed by atoms with van der Waals surface area (Å²) >= 11 is 0. The molecule has 0 spiro atoms. The lowest BCUT2D eigenvalue weighted by atomic mass is 10.0. The SMILES string of the molecule is CC(C)=C1CCC(CN(C)C)C1=O.Cl. The summed E-state index contributed by atoms with van der Waals surface area (Å²) in [5.41, 5.74) is 2.28. The highest BCUT2D eigenvalue weighted by Gasteiger charge is 2.29. The number of hydrogen-bond acceptors (Lipinski definition) is 2. The molecule has 1 fully saturated rings. The Kier molecular flexibility index (Phi) is 5.38. The molecule has 1 rings (SSSR count). The fourth-order valence-electron chi connectivity index (χ4n) is 1.93. The van der Waals surface area contributed by atoms with Crippen molar-refractivity contribution in [2.75, 3.05) is 20.6 Å². The molecule has 0 aromatic carbocycles. The van der Waals surface area contributed by atoms with E-state index in [0.717, 1.165) is 25.0 Å². The van der Waals surface area contributed by atoms with Crippen molar-refractivity contribution in [1.82, 2.24) is 4.90 Å². The van der Waals surface area contributed by atoms with Gasteiger partial charge in [0.15, 0.2) is 5.78 Å². The van der Waals surface area contributed by atoms with E-state index in [0.29, 0.717) is 5.78 Å². The van der Waals surface area contributed by atoms with Crippen LogP contribution in [0.15, 0.2) is 11.1 Å². The second-order valence-electron chi connectivity index (χ2n) is 4.34. The minimum Gasteiger partial charge on any atom is -0.309 e. The zero-order valence-corrected chi connectivity index (χ0v) is 10.3. The highest BCUT2D eigenvalue weighted by Crippen LogP contribution is 2.29. The molecule has 1 saturated carbocycles. The van der Waals surface area contributed by atoms with E-state index < -0.39 is 0 Å². The van der Waals surface area contributed by atoms with Gasteiger partial charge in [-0.05, 0) is 46.4 Å². The fourth-order valence-corrected chi connectivity index (χ4v) is 1.93. The largest absolute Gasteiger partial charge is 0.309 e. The molecular formula is C11H20ClNO. The molecule has 2 nitrogen and oxygen atoms in total. The van der Waals surface area contributed by atoms with Crippen LogP contribution in [0.25, 0.3) is 0 Å². The van der Waals surface area contributed by atoms with Crippen LogP contribution < -0.4 is 0 Å². The Hall–Kier alpha value is -0.340. The van der Waals surface area contributed by atoms with Gasteiger partial charge in [-0.1, -0.05) is 5.57 Å². The van der Waals surface area contributed by atoms with E-state index in [4.69, 9.17) is 0 Å². The van der Waals surface area contributed by atoms with Gasteiger partial charge in [-0.2, -0.15) is 0 Å². The fraction of sp³-hybridized carbons (Fsp3) is 0.727. The third-order valence-corrected chi connectivity index (χ3v) is 2.60. The number of carbonyl (C=O) groups is 1. The normalized spacial score (nSPS) is 21.4. The number of allylic oxidation sites excluding steroid dienone is 2. The van der Waals surface area contributed by atoms with E-state index >= 15 is 0 Å². The molecule has 3 heteroatoms. The van der Waals surface area contributed by atoms with E-state index in [9.17, 15) is 4.79 Å². The van der Waals surface area contributed by atoms with Crippen LogP contribution >= 0.6 is 12.4 Å². The van der Waals surface area contributed by atoms with Gasteiger partial charge in [0.2, 0.25) is 0 Å². The van der Waals surface area contributed by atoms with Crippen LogP contribution in [-0.4, -0.2) is 31.3 Å². The maximum Gasteiger partial charge on any atom is 0.163 e. The maximum absolute atomic E-state index is 11.8. The van der Waals surface area contributed by atoms with E-state index in [2.05, 4.69) is 4.90 Å².